The molecule has 41 valence electrons. The molecule has 0 aromatic carbocycles. The summed E-state index contributed by atoms with van der Waals surface area (Å²) in [6, 6.07) is 0. The second kappa shape index (κ2) is 2.51. The van der Waals surface area contributed by atoms with Crippen molar-refractivity contribution in [2.24, 2.45) is 0 Å². The van der Waals surface area contributed by atoms with Crippen LogP contribution in [0.2, 0.25) is 0 Å². The second-order valence-corrected chi connectivity index (χ2v) is 1.76. The molecule has 0 N–H and O–H groups in total. The van der Waals surface area contributed by atoms with Crippen LogP contribution in [0.15, 0.2) is 29.9 Å². The van der Waals surface area contributed by atoms with Gasteiger partial charge in [-0.2, -0.15) is 0 Å². The molecule has 1 rings (SSSR count). The Bertz CT molecular complexity index is 147. The van der Waals surface area contributed by atoms with Crippen LogP contribution in [-0.4, -0.2) is 0 Å². The maximum Gasteiger partial charge on any atom is -0.00914 e. The van der Waals surface area contributed by atoms with Gasteiger partial charge in [0.15, 0.2) is 0 Å². The Kier molecular flexibility index (Phi) is 1.68. The van der Waals surface area contributed by atoms with Crippen molar-refractivity contribution in [1.29, 1.82) is 0 Å². The minimum atomic E-state index is 1.05. The maximum absolute atomic E-state index is 3.12. The molecular formula is C8H9. The first-order valence-corrected chi connectivity index (χ1v) is 2.83. The third-order valence-electron chi connectivity index (χ3n) is 1.19. The monoisotopic (exact) mass is 105 g/mol. The lowest BCUT2D eigenvalue weighted by atomic mass is 10.1. The van der Waals surface area contributed by atoms with Crippen LogP contribution < -0.4 is 0 Å². The van der Waals surface area contributed by atoms with Crippen molar-refractivity contribution in [3.63, 3.8) is 0 Å². The van der Waals surface area contributed by atoms with Gasteiger partial charge in [-0.25, -0.2) is 0 Å². The molecule has 1 aliphatic carbocycles. The Labute approximate surface area is 50.2 Å². The standard InChI is InChI=1S/C8H9/c1-2-8-6-4-3-5-7-8/h2-5H,6H2,1H3. The van der Waals surface area contributed by atoms with E-state index >= 15 is 0 Å². The van der Waals surface area contributed by atoms with Crippen LogP contribution in [0.25, 0.3) is 0 Å². The van der Waals surface area contributed by atoms with E-state index in [1.807, 2.05) is 19.1 Å². The Morgan fingerprint density at radius 3 is 3.00 bits per heavy atom. The average Bonchev–Trinajstić information content (AvgIpc) is 1.90. The lowest BCUT2D eigenvalue weighted by Crippen LogP contribution is -1.78. The summed E-state index contributed by atoms with van der Waals surface area (Å²) in [7, 11) is 0. The molecule has 0 heteroatoms. The summed E-state index contributed by atoms with van der Waals surface area (Å²) in [4.78, 5) is 0. The summed E-state index contributed by atoms with van der Waals surface area (Å²) in [6.45, 7) is 2.04. The van der Waals surface area contributed by atoms with E-state index in [4.69, 9.17) is 0 Å². The van der Waals surface area contributed by atoms with Gasteiger partial charge in [-0.1, -0.05) is 24.3 Å². The number of allylic oxidation sites excluding steroid dienone is 6. The van der Waals surface area contributed by atoms with E-state index in [0.717, 1.165) is 6.42 Å². The molecule has 0 unspecified atom stereocenters. The van der Waals surface area contributed by atoms with Crippen LogP contribution in [0.5, 0.6) is 0 Å². The van der Waals surface area contributed by atoms with Crippen molar-refractivity contribution >= 4 is 0 Å². The van der Waals surface area contributed by atoms with E-state index in [0.29, 0.717) is 0 Å². The van der Waals surface area contributed by atoms with Gasteiger partial charge < -0.3 is 0 Å². The quantitative estimate of drug-likeness (QED) is 0.443. The second-order valence-electron chi connectivity index (χ2n) is 1.76. The summed E-state index contributed by atoms with van der Waals surface area (Å²) < 4.78 is 0. The molecule has 0 amide bonds. The molecule has 0 spiro atoms. The first-order chi connectivity index (χ1) is 3.93. The summed E-state index contributed by atoms with van der Waals surface area (Å²) in [6.07, 6.45) is 12.3. The molecule has 0 heterocycles. The zero-order valence-corrected chi connectivity index (χ0v) is 5.02. The fraction of sp³-hybridized carbons (Fsp3) is 0.250. The van der Waals surface area contributed by atoms with Crippen LogP contribution in [0.1, 0.15) is 13.3 Å². The molecule has 1 aliphatic rings. The smallest absolute Gasteiger partial charge is 0.00914 e. The normalized spacial score (nSPS) is 22.4. The van der Waals surface area contributed by atoms with Crippen LogP contribution in [0, 0.1) is 6.08 Å². The molecule has 0 aromatic rings. The van der Waals surface area contributed by atoms with E-state index in [2.05, 4.69) is 18.2 Å². The number of hydrogen-bond acceptors (Lipinski definition) is 0. The van der Waals surface area contributed by atoms with Crippen molar-refractivity contribution in [1.82, 2.24) is 0 Å². The van der Waals surface area contributed by atoms with Gasteiger partial charge in [0.25, 0.3) is 0 Å². The van der Waals surface area contributed by atoms with Gasteiger partial charge in [-0.3, -0.25) is 0 Å². The maximum atomic E-state index is 3.12. The molecule has 0 aromatic heterocycles. The molecule has 0 aliphatic heterocycles. The van der Waals surface area contributed by atoms with Crippen molar-refractivity contribution < 1.29 is 0 Å². The van der Waals surface area contributed by atoms with Gasteiger partial charge in [-0.15, -0.1) is 0 Å². The Hall–Kier alpha value is -0.780. The predicted molar refractivity (Wildman–Crippen MR) is 35.3 cm³/mol. The average molecular weight is 105 g/mol. The Balaban J connectivity index is 2.66. The molecule has 8 heavy (non-hydrogen) atoms. The highest BCUT2D eigenvalue weighted by Gasteiger charge is 1.88. The molecule has 0 nitrogen and oxygen atoms in total. The lowest BCUT2D eigenvalue weighted by Gasteiger charge is -1.96. The molecule has 0 fully saturated rings. The molecule has 0 atom stereocenters. The fourth-order valence-electron chi connectivity index (χ4n) is 0.678. The van der Waals surface area contributed by atoms with Gasteiger partial charge in [0, 0.05) is 0 Å². The summed E-state index contributed by atoms with van der Waals surface area (Å²) in [5, 5.41) is 0. The van der Waals surface area contributed by atoms with E-state index in [9.17, 15) is 0 Å². The van der Waals surface area contributed by atoms with Gasteiger partial charge >= 0.3 is 0 Å². The number of rotatable bonds is 0. The summed E-state index contributed by atoms with van der Waals surface area (Å²) in [5.74, 6) is 0. The third-order valence-corrected chi connectivity index (χ3v) is 1.19. The Morgan fingerprint density at radius 1 is 1.75 bits per heavy atom. The highest BCUT2D eigenvalue weighted by Crippen LogP contribution is 2.07. The van der Waals surface area contributed by atoms with E-state index in [1.54, 1.807) is 0 Å². The van der Waals surface area contributed by atoms with Crippen LogP contribution in [-0.2, 0) is 0 Å². The first-order valence-electron chi connectivity index (χ1n) is 2.83. The van der Waals surface area contributed by atoms with Crippen molar-refractivity contribution in [2.75, 3.05) is 0 Å². The molecule has 0 saturated heterocycles. The SMILES string of the molecule is CC=C1[C]=CC=CC1. The van der Waals surface area contributed by atoms with E-state index < -0.39 is 0 Å². The van der Waals surface area contributed by atoms with Crippen LogP contribution >= 0.6 is 0 Å². The van der Waals surface area contributed by atoms with Crippen LogP contribution in [0.3, 0.4) is 0 Å². The largest absolute Gasteiger partial charge is 0.0835 e. The van der Waals surface area contributed by atoms with Gasteiger partial charge in [0.2, 0.25) is 0 Å². The molecule has 0 bridgehead atoms. The van der Waals surface area contributed by atoms with Gasteiger partial charge in [0.1, 0.15) is 0 Å². The third kappa shape index (κ3) is 1.09. The van der Waals surface area contributed by atoms with E-state index in [-0.39, 0.29) is 0 Å². The fourth-order valence-corrected chi connectivity index (χ4v) is 0.678. The molecular weight excluding hydrogens is 96.1 g/mol. The van der Waals surface area contributed by atoms with Gasteiger partial charge in [-0.05, 0) is 25.0 Å². The summed E-state index contributed by atoms with van der Waals surface area (Å²) >= 11 is 0. The zero-order chi connectivity index (χ0) is 5.82. The highest BCUT2D eigenvalue weighted by molar-refractivity contribution is 5.23. The summed E-state index contributed by atoms with van der Waals surface area (Å²) in [5.41, 5.74) is 1.28. The van der Waals surface area contributed by atoms with Crippen molar-refractivity contribution in [3.8, 4) is 0 Å². The van der Waals surface area contributed by atoms with Gasteiger partial charge in [0.05, 0.1) is 0 Å². The first kappa shape index (κ1) is 5.36. The minimum absolute atomic E-state index is 1.05. The minimum Gasteiger partial charge on any atom is -0.0835 e. The van der Waals surface area contributed by atoms with Crippen LogP contribution in [0.4, 0.5) is 0 Å². The van der Waals surface area contributed by atoms with E-state index in [1.165, 1.54) is 5.57 Å². The molecule has 1 radical (unpaired) electrons. The topological polar surface area (TPSA) is 0 Å². The number of hydrogen-bond donors (Lipinski definition) is 0. The van der Waals surface area contributed by atoms with Crippen molar-refractivity contribution in [3.05, 3.63) is 36.0 Å². The highest BCUT2D eigenvalue weighted by atomic mass is 13.9. The lowest BCUT2D eigenvalue weighted by molar-refractivity contribution is 1.23. The molecule has 0 saturated carbocycles. The zero-order valence-electron chi connectivity index (χ0n) is 5.02. The Morgan fingerprint density at radius 2 is 2.62 bits per heavy atom. The predicted octanol–water partition coefficient (Wildman–Crippen LogP) is 2.25. The van der Waals surface area contributed by atoms with Crippen molar-refractivity contribution in [2.45, 2.75) is 13.3 Å².